The Kier molecular flexibility index (Phi) is 3.42. The van der Waals surface area contributed by atoms with Gasteiger partial charge in [-0.15, -0.1) is 0 Å². The zero-order chi connectivity index (χ0) is 22.2. The van der Waals surface area contributed by atoms with E-state index in [0.29, 0.717) is 0 Å². The zero-order valence-electron chi connectivity index (χ0n) is 18.2. The average Bonchev–Trinajstić information content (AvgIpc) is 3.45. The summed E-state index contributed by atoms with van der Waals surface area (Å²) in [6.45, 7) is 0. The molecule has 2 heteroatoms. The first kappa shape index (κ1) is 17.9. The van der Waals surface area contributed by atoms with E-state index in [1.165, 1.54) is 32.7 Å². The van der Waals surface area contributed by atoms with E-state index in [4.69, 9.17) is 8.83 Å². The molecule has 0 spiro atoms. The van der Waals surface area contributed by atoms with Crippen molar-refractivity contribution in [3.63, 3.8) is 0 Å². The molecule has 2 heterocycles. The lowest BCUT2D eigenvalue weighted by molar-refractivity contribution is 0.663. The molecule has 8 aromatic rings. The van der Waals surface area contributed by atoms with Crippen LogP contribution in [0.1, 0.15) is 0 Å². The van der Waals surface area contributed by atoms with Crippen molar-refractivity contribution in [3.8, 4) is 11.1 Å². The van der Waals surface area contributed by atoms with Gasteiger partial charge < -0.3 is 8.83 Å². The van der Waals surface area contributed by atoms with Gasteiger partial charge in [0, 0.05) is 21.5 Å². The lowest BCUT2D eigenvalue weighted by atomic mass is 9.89. The molecule has 0 amide bonds. The summed E-state index contributed by atoms with van der Waals surface area (Å²) in [7, 11) is 0. The van der Waals surface area contributed by atoms with Crippen LogP contribution in [0.2, 0.25) is 0 Å². The molecule has 0 radical (unpaired) electrons. The Bertz CT molecular complexity index is 2020. The van der Waals surface area contributed by atoms with Gasteiger partial charge in [0.25, 0.3) is 0 Å². The Morgan fingerprint density at radius 2 is 0.941 bits per heavy atom. The van der Waals surface area contributed by atoms with Crippen LogP contribution in [-0.4, -0.2) is 0 Å². The van der Waals surface area contributed by atoms with Crippen LogP contribution in [0.25, 0.3) is 76.5 Å². The minimum absolute atomic E-state index is 0.881. The third kappa shape index (κ3) is 2.29. The Morgan fingerprint density at radius 3 is 1.71 bits per heavy atom. The van der Waals surface area contributed by atoms with E-state index in [2.05, 4.69) is 84.9 Å². The van der Waals surface area contributed by atoms with Gasteiger partial charge in [-0.1, -0.05) is 78.9 Å². The fourth-order valence-electron chi connectivity index (χ4n) is 5.64. The van der Waals surface area contributed by atoms with Crippen molar-refractivity contribution in [2.45, 2.75) is 0 Å². The molecule has 0 atom stereocenters. The number of fused-ring (bicyclic) bond motifs is 9. The van der Waals surface area contributed by atoms with E-state index in [0.717, 1.165) is 43.9 Å². The lowest BCUT2D eigenvalue weighted by Gasteiger charge is -2.13. The molecule has 0 fully saturated rings. The fourth-order valence-corrected chi connectivity index (χ4v) is 5.64. The monoisotopic (exact) mass is 434 g/mol. The average molecular weight is 434 g/mol. The summed E-state index contributed by atoms with van der Waals surface area (Å²) >= 11 is 0. The highest BCUT2D eigenvalue weighted by molar-refractivity contribution is 6.30. The Labute approximate surface area is 194 Å². The topological polar surface area (TPSA) is 26.3 Å². The predicted octanol–water partition coefficient (Wildman–Crippen LogP) is 9.46. The maximum atomic E-state index is 6.42. The van der Waals surface area contributed by atoms with Crippen molar-refractivity contribution >= 4 is 65.4 Å². The van der Waals surface area contributed by atoms with Gasteiger partial charge in [-0.25, -0.2) is 0 Å². The quantitative estimate of drug-likeness (QED) is 0.240. The number of hydrogen-bond donors (Lipinski definition) is 0. The summed E-state index contributed by atoms with van der Waals surface area (Å²) in [6.07, 6.45) is 0. The smallest absolute Gasteiger partial charge is 0.136 e. The first-order valence-electron chi connectivity index (χ1n) is 11.5. The van der Waals surface area contributed by atoms with E-state index in [1.807, 2.05) is 24.3 Å². The number of para-hydroxylation sites is 1. The van der Waals surface area contributed by atoms with Crippen LogP contribution in [0.3, 0.4) is 0 Å². The van der Waals surface area contributed by atoms with Gasteiger partial charge in [0.05, 0.1) is 0 Å². The third-order valence-corrected chi connectivity index (χ3v) is 7.04. The van der Waals surface area contributed by atoms with E-state index in [-0.39, 0.29) is 0 Å². The molecule has 0 aliphatic rings. The normalized spacial score (nSPS) is 12.1. The highest BCUT2D eigenvalue weighted by Gasteiger charge is 2.20. The molecule has 0 aliphatic carbocycles. The van der Waals surface area contributed by atoms with Crippen LogP contribution in [-0.2, 0) is 0 Å². The van der Waals surface area contributed by atoms with Gasteiger partial charge in [0.1, 0.15) is 22.3 Å². The molecule has 6 aromatic carbocycles. The van der Waals surface area contributed by atoms with Gasteiger partial charge in [-0.3, -0.25) is 0 Å². The van der Waals surface area contributed by atoms with Crippen molar-refractivity contribution in [2.24, 2.45) is 0 Å². The molecular weight excluding hydrogens is 416 g/mol. The van der Waals surface area contributed by atoms with Crippen LogP contribution in [0, 0.1) is 0 Å². The number of furan rings is 2. The van der Waals surface area contributed by atoms with Crippen LogP contribution >= 0.6 is 0 Å². The first-order chi connectivity index (χ1) is 16.9. The van der Waals surface area contributed by atoms with Crippen molar-refractivity contribution in [2.75, 3.05) is 0 Å². The standard InChI is InChI=1S/C32H18O2/c1-3-10-21-19(8-1)18-20-9-2-4-11-22(20)29(21)24-13-7-15-26-31(24)32-28(34-26)17-16-27-30(32)23-12-5-6-14-25(23)33-27/h1-18H. The molecule has 0 saturated heterocycles. The van der Waals surface area contributed by atoms with Crippen molar-refractivity contribution in [1.29, 1.82) is 0 Å². The van der Waals surface area contributed by atoms with Gasteiger partial charge in [0.15, 0.2) is 0 Å². The molecule has 8 rings (SSSR count). The summed E-state index contributed by atoms with van der Waals surface area (Å²) in [5, 5.41) is 9.44. The van der Waals surface area contributed by atoms with Gasteiger partial charge >= 0.3 is 0 Å². The van der Waals surface area contributed by atoms with Crippen LogP contribution in [0.5, 0.6) is 0 Å². The largest absolute Gasteiger partial charge is 0.456 e. The Balaban J connectivity index is 1.65. The van der Waals surface area contributed by atoms with E-state index < -0.39 is 0 Å². The number of hydrogen-bond acceptors (Lipinski definition) is 2. The van der Waals surface area contributed by atoms with Crippen LogP contribution in [0.4, 0.5) is 0 Å². The Morgan fingerprint density at radius 1 is 0.382 bits per heavy atom. The Hall–Kier alpha value is -4.56. The van der Waals surface area contributed by atoms with Gasteiger partial charge in [0.2, 0.25) is 0 Å². The zero-order valence-corrected chi connectivity index (χ0v) is 18.2. The maximum absolute atomic E-state index is 6.42. The molecule has 0 N–H and O–H groups in total. The molecule has 2 nitrogen and oxygen atoms in total. The van der Waals surface area contributed by atoms with Crippen molar-refractivity contribution in [1.82, 2.24) is 0 Å². The molecular formula is C32H18O2. The predicted molar refractivity (Wildman–Crippen MR) is 141 cm³/mol. The maximum Gasteiger partial charge on any atom is 0.136 e. The number of rotatable bonds is 1. The van der Waals surface area contributed by atoms with Crippen molar-refractivity contribution < 1.29 is 8.83 Å². The number of benzene rings is 6. The van der Waals surface area contributed by atoms with E-state index in [9.17, 15) is 0 Å². The fraction of sp³-hybridized carbons (Fsp3) is 0. The molecule has 0 bridgehead atoms. The second kappa shape index (κ2) is 6.49. The molecule has 0 unspecified atom stereocenters. The summed E-state index contributed by atoms with van der Waals surface area (Å²) < 4.78 is 12.6. The summed E-state index contributed by atoms with van der Waals surface area (Å²) in [4.78, 5) is 0. The van der Waals surface area contributed by atoms with E-state index in [1.54, 1.807) is 0 Å². The SMILES string of the molecule is c1ccc2c(-c3cccc4oc5ccc6oc7ccccc7c6c5c34)c3ccccc3cc2c1. The minimum atomic E-state index is 0.881. The second-order valence-corrected chi connectivity index (χ2v) is 8.88. The van der Waals surface area contributed by atoms with Gasteiger partial charge in [-0.2, -0.15) is 0 Å². The summed E-state index contributed by atoms with van der Waals surface area (Å²) in [6, 6.07) is 38.3. The third-order valence-electron chi connectivity index (χ3n) is 7.04. The molecule has 34 heavy (non-hydrogen) atoms. The molecule has 158 valence electrons. The second-order valence-electron chi connectivity index (χ2n) is 8.88. The van der Waals surface area contributed by atoms with E-state index >= 15 is 0 Å². The minimum Gasteiger partial charge on any atom is -0.456 e. The molecule has 0 aliphatic heterocycles. The lowest BCUT2D eigenvalue weighted by Crippen LogP contribution is -1.86. The molecule has 0 saturated carbocycles. The van der Waals surface area contributed by atoms with Gasteiger partial charge in [-0.05, 0) is 63.0 Å². The van der Waals surface area contributed by atoms with Crippen LogP contribution in [0.15, 0.2) is 118 Å². The highest BCUT2D eigenvalue weighted by Crippen LogP contribution is 2.46. The highest BCUT2D eigenvalue weighted by atomic mass is 16.3. The van der Waals surface area contributed by atoms with Crippen LogP contribution < -0.4 is 0 Å². The summed E-state index contributed by atoms with van der Waals surface area (Å²) in [5.74, 6) is 0. The first-order valence-corrected chi connectivity index (χ1v) is 11.5. The molecule has 2 aromatic heterocycles. The van der Waals surface area contributed by atoms with Crippen molar-refractivity contribution in [3.05, 3.63) is 109 Å². The summed E-state index contributed by atoms with van der Waals surface area (Å²) in [5.41, 5.74) is 5.98.